The van der Waals surface area contributed by atoms with Crippen LogP contribution in [-0.4, -0.2) is 39.4 Å². The normalized spacial score (nSPS) is 11.2. The van der Waals surface area contributed by atoms with Crippen molar-refractivity contribution in [2.75, 3.05) is 29.4 Å². The van der Waals surface area contributed by atoms with Gasteiger partial charge < -0.3 is 5.32 Å². The first kappa shape index (κ1) is 24.2. The van der Waals surface area contributed by atoms with Crippen molar-refractivity contribution in [3.8, 4) is 0 Å². The number of anilines is 1. The van der Waals surface area contributed by atoms with Gasteiger partial charge in [-0.2, -0.15) is 0 Å². The quantitative estimate of drug-likeness (QED) is 0.317. The first-order valence-electron chi connectivity index (χ1n) is 10.2. The molecule has 0 heterocycles. The van der Waals surface area contributed by atoms with Crippen molar-refractivity contribution in [3.63, 3.8) is 0 Å². The summed E-state index contributed by atoms with van der Waals surface area (Å²) >= 11 is 3.24. The van der Waals surface area contributed by atoms with E-state index >= 15 is 0 Å². The fourth-order valence-corrected chi connectivity index (χ4v) is 5.77. The molecule has 3 aromatic carbocycles. The zero-order valence-electron chi connectivity index (χ0n) is 18.0. The average molecular weight is 487 g/mol. The number of rotatable bonds is 10. The highest BCUT2D eigenvalue weighted by Crippen LogP contribution is 2.25. The summed E-state index contributed by atoms with van der Waals surface area (Å²) in [7, 11) is -3.69. The lowest BCUT2D eigenvalue weighted by Gasteiger charge is -2.23. The third-order valence-electron chi connectivity index (χ3n) is 4.75. The molecular formula is C24H26N2O3S3. The number of nitrogens with zero attached hydrogens (tertiary/aromatic N) is 1. The number of amides is 1. The van der Waals surface area contributed by atoms with E-state index in [0.29, 0.717) is 17.8 Å². The maximum Gasteiger partial charge on any atom is 0.264 e. The monoisotopic (exact) mass is 486 g/mol. The molecule has 0 aromatic heterocycles. The smallest absolute Gasteiger partial charge is 0.264 e. The van der Waals surface area contributed by atoms with Crippen LogP contribution in [0.25, 0.3) is 0 Å². The molecule has 0 aliphatic heterocycles. The second-order valence-electron chi connectivity index (χ2n) is 6.81. The molecule has 8 heteroatoms. The highest BCUT2D eigenvalue weighted by molar-refractivity contribution is 7.99. The van der Waals surface area contributed by atoms with Gasteiger partial charge in [-0.1, -0.05) is 18.2 Å². The van der Waals surface area contributed by atoms with Crippen molar-refractivity contribution in [1.82, 2.24) is 5.32 Å². The van der Waals surface area contributed by atoms with Crippen LogP contribution >= 0.6 is 23.5 Å². The molecule has 0 aliphatic carbocycles. The molecule has 0 spiro atoms. The zero-order chi connectivity index (χ0) is 23.0. The zero-order valence-corrected chi connectivity index (χ0v) is 20.5. The van der Waals surface area contributed by atoms with E-state index in [9.17, 15) is 13.2 Å². The Kier molecular flexibility index (Phi) is 8.67. The van der Waals surface area contributed by atoms with Gasteiger partial charge in [0.15, 0.2) is 0 Å². The van der Waals surface area contributed by atoms with Gasteiger partial charge in [0.1, 0.15) is 0 Å². The number of benzene rings is 3. The van der Waals surface area contributed by atoms with Gasteiger partial charge in [0.25, 0.3) is 15.9 Å². The molecule has 0 bridgehead atoms. The second kappa shape index (κ2) is 11.4. The van der Waals surface area contributed by atoms with Crippen molar-refractivity contribution in [1.29, 1.82) is 0 Å². The Labute approximate surface area is 198 Å². The maximum atomic E-state index is 13.1. The number of hydrogen-bond acceptors (Lipinski definition) is 5. The average Bonchev–Trinajstić information content (AvgIpc) is 2.83. The van der Waals surface area contributed by atoms with E-state index in [0.717, 1.165) is 15.5 Å². The van der Waals surface area contributed by atoms with E-state index in [1.165, 1.54) is 4.31 Å². The highest BCUT2D eigenvalue weighted by atomic mass is 32.2. The molecule has 0 saturated heterocycles. The van der Waals surface area contributed by atoms with Crippen LogP contribution in [-0.2, 0) is 10.0 Å². The van der Waals surface area contributed by atoms with Crippen LogP contribution in [0, 0.1) is 0 Å². The van der Waals surface area contributed by atoms with Crippen molar-refractivity contribution in [2.24, 2.45) is 0 Å². The number of thioether (sulfide) groups is 2. The summed E-state index contributed by atoms with van der Waals surface area (Å²) in [6.07, 6.45) is 1.95. The van der Waals surface area contributed by atoms with Crippen LogP contribution in [0.15, 0.2) is 93.5 Å². The molecule has 3 rings (SSSR count). The van der Waals surface area contributed by atoms with Crippen LogP contribution in [0.1, 0.15) is 17.3 Å². The van der Waals surface area contributed by atoms with Crippen molar-refractivity contribution < 1.29 is 13.2 Å². The number of carbonyl (C=O) groups is 1. The molecular weight excluding hydrogens is 460 g/mol. The molecule has 0 saturated carbocycles. The van der Waals surface area contributed by atoms with E-state index in [4.69, 9.17) is 0 Å². The Morgan fingerprint density at radius 1 is 0.906 bits per heavy atom. The molecule has 5 nitrogen and oxygen atoms in total. The lowest BCUT2D eigenvalue weighted by Crippen LogP contribution is -2.31. The number of carbonyl (C=O) groups excluding carboxylic acids is 1. The molecule has 1 amide bonds. The van der Waals surface area contributed by atoms with Crippen LogP contribution < -0.4 is 9.62 Å². The Bertz CT molecular complexity index is 1120. The Hall–Kier alpha value is -2.42. The molecule has 0 radical (unpaired) electrons. The minimum atomic E-state index is -3.69. The summed E-state index contributed by atoms with van der Waals surface area (Å²) in [4.78, 5) is 14.8. The van der Waals surface area contributed by atoms with E-state index < -0.39 is 10.0 Å². The van der Waals surface area contributed by atoms with Crippen molar-refractivity contribution >= 4 is 45.1 Å². The lowest BCUT2D eigenvalue weighted by atomic mass is 10.2. The lowest BCUT2D eigenvalue weighted by molar-refractivity contribution is 0.0956. The second-order valence-corrected chi connectivity index (χ2v) is 10.7. The Balaban J connectivity index is 1.62. The minimum absolute atomic E-state index is 0.177. The summed E-state index contributed by atoms with van der Waals surface area (Å²) in [5.74, 6) is 0.592. The maximum absolute atomic E-state index is 13.1. The third-order valence-corrected chi connectivity index (χ3v) is 8.43. The molecule has 0 atom stereocenters. The summed E-state index contributed by atoms with van der Waals surface area (Å²) in [6, 6.07) is 23.5. The Morgan fingerprint density at radius 2 is 1.56 bits per heavy atom. The third kappa shape index (κ3) is 6.09. The number of hydrogen-bond donors (Lipinski definition) is 1. The molecule has 168 valence electrons. The first-order valence-corrected chi connectivity index (χ1v) is 13.8. The van der Waals surface area contributed by atoms with Gasteiger partial charge in [-0.05, 0) is 73.8 Å². The number of sulfonamides is 1. The first-order chi connectivity index (χ1) is 15.5. The summed E-state index contributed by atoms with van der Waals surface area (Å²) in [5, 5.41) is 2.91. The van der Waals surface area contributed by atoms with Gasteiger partial charge in [0, 0.05) is 34.2 Å². The van der Waals surface area contributed by atoms with Gasteiger partial charge in [-0.3, -0.25) is 9.10 Å². The molecule has 0 unspecified atom stereocenters. The molecule has 0 fully saturated rings. The molecule has 0 aliphatic rings. The fourth-order valence-electron chi connectivity index (χ4n) is 3.10. The predicted molar refractivity (Wildman–Crippen MR) is 134 cm³/mol. The fraction of sp³-hybridized carbons (Fsp3) is 0.208. The van der Waals surface area contributed by atoms with Crippen LogP contribution in [0.2, 0.25) is 0 Å². The molecule has 3 aromatic rings. The van der Waals surface area contributed by atoms with Crippen LogP contribution in [0.5, 0.6) is 0 Å². The summed E-state index contributed by atoms with van der Waals surface area (Å²) in [5.41, 5.74) is 1.02. The molecule has 1 N–H and O–H groups in total. The van der Waals surface area contributed by atoms with E-state index in [1.807, 2.05) is 36.6 Å². The van der Waals surface area contributed by atoms with Gasteiger partial charge in [-0.15, -0.1) is 23.5 Å². The van der Waals surface area contributed by atoms with Crippen molar-refractivity contribution in [2.45, 2.75) is 21.6 Å². The standard InChI is InChI=1S/C24H26N2O3S3/c1-3-26(32(28,29)23-15-13-21(30-2)14-16-23)20-11-9-19(10-12-20)24(27)25-17-18-31-22-7-5-4-6-8-22/h4-16H,3,17-18H2,1-2H3,(H,25,27). The largest absolute Gasteiger partial charge is 0.351 e. The topological polar surface area (TPSA) is 66.5 Å². The van der Waals surface area contributed by atoms with Crippen LogP contribution in [0.4, 0.5) is 5.69 Å². The van der Waals surface area contributed by atoms with Crippen molar-refractivity contribution in [3.05, 3.63) is 84.4 Å². The summed E-state index contributed by atoms with van der Waals surface area (Å²) < 4.78 is 27.6. The van der Waals surface area contributed by atoms with Gasteiger partial charge in [-0.25, -0.2) is 8.42 Å². The van der Waals surface area contributed by atoms with E-state index in [1.54, 1.807) is 79.0 Å². The number of nitrogens with one attached hydrogen (secondary N) is 1. The van der Waals surface area contributed by atoms with Crippen LogP contribution in [0.3, 0.4) is 0 Å². The van der Waals surface area contributed by atoms with Gasteiger partial charge in [0.2, 0.25) is 0 Å². The molecule has 32 heavy (non-hydrogen) atoms. The highest BCUT2D eigenvalue weighted by Gasteiger charge is 2.23. The predicted octanol–water partition coefficient (Wildman–Crippen LogP) is 5.15. The van der Waals surface area contributed by atoms with Gasteiger partial charge >= 0.3 is 0 Å². The van der Waals surface area contributed by atoms with E-state index in [-0.39, 0.29) is 17.3 Å². The summed E-state index contributed by atoms with van der Waals surface area (Å²) in [6.45, 7) is 2.62. The van der Waals surface area contributed by atoms with E-state index in [2.05, 4.69) is 5.32 Å². The minimum Gasteiger partial charge on any atom is -0.351 e. The Morgan fingerprint density at radius 3 is 2.16 bits per heavy atom. The SMILES string of the molecule is CCN(c1ccc(C(=O)NCCSc2ccccc2)cc1)S(=O)(=O)c1ccc(SC)cc1. The van der Waals surface area contributed by atoms with Gasteiger partial charge in [0.05, 0.1) is 10.6 Å².